The quantitative estimate of drug-likeness (QED) is 0.580. The average molecular weight is 319 g/mol. The van der Waals surface area contributed by atoms with Crippen molar-refractivity contribution in [2.75, 3.05) is 6.61 Å². The van der Waals surface area contributed by atoms with Crippen molar-refractivity contribution < 1.29 is 4.74 Å². The Morgan fingerprint density at radius 1 is 1.00 bits per heavy atom. The lowest BCUT2D eigenvalue weighted by molar-refractivity contribution is 0.309. The molecule has 0 amide bonds. The van der Waals surface area contributed by atoms with Crippen molar-refractivity contribution in [1.82, 2.24) is 9.55 Å². The van der Waals surface area contributed by atoms with Crippen molar-refractivity contribution >= 4 is 11.0 Å². The Hall–Kier alpha value is -2.80. The molecule has 0 aliphatic heterocycles. The maximum absolute atomic E-state index is 8.77. The van der Waals surface area contributed by atoms with Crippen LogP contribution in [0.15, 0.2) is 54.6 Å². The molecule has 2 aromatic carbocycles. The monoisotopic (exact) mass is 319 g/mol. The Morgan fingerprint density at radius 3 is 2.62 bits per heavy atom. The highest BCUT2D eigenvalue weighted by Crippen LogP contribution is 2.18. The molecule has 24 heavy (non-hydrogen) atoms. The molecule has 1 aromatic heterocycles. The largest absolute Gasteiger partial charge is 0.494 e. The molecule has 0 spiro atoms. The van der Waals surface area contributed by atoms with Gasteiger partial charge in [0, 0.05) is 19.4 Å². The lowest BCUT2D eigenvalue weighted by Gasteiger charge is -2.09. The number of nitrogens with zero attached hydrogens (tertiary/aromatic N) is 3. The van der Waals surface area contributed by atoms with E-state index >= 15 is 0 Å². The molecule has 0 aliphatic carbocycles. The van der Waals surface area contributed by atoms with Crippen molar-refractivity contribution in [3.63, 3.8) is 0 Å². The summed E-state index contributed by atoms with van der Waals surface area (Å²) in [5.41, 5.74) is 2.17. The molecular weight excluding hydrogens is 298 g/mol. The first kappa shape index (κ1) is 16.1. The summed E-state index contributed by atoms with van der Waals surface area (Å²) in [5.74, 6) is 1.98. The van der Waals surface area contributed by atoms with Crippen LogP contribution >= 0.6 is 0 Å². The second-order valence-corrected chi connectivity index (χ2v) is 5.70. The highest BCUT2D eigenvalue weighted by Gasteiger charge is 2.10. The molecule has 0 radical (unpaired) electrons. The first-order chi connectivity index (χ1) is 11.9. The van der Waals surface area contributed by atoms with E-state index in [4.69, 9.17) is 15.0 Å². The van der Waals surface area contributed by atoms with Gasteiger partial charge >= 0.3 is 0 Å². The number of fused-ring (bicyclic) bond motifs is 1. The summed E-state index contributed by atoms with van der Waals surface area (Å²) in [4.78, 5) is 4.76. The van der Waals surface area contributed by atoms with Gasteiger partial charge in [0.05, 0.1) is 23.7 Å². The van der Waals surface area contributed by atoms with Gasteiger partial charge in [-0.3, -0.25) is 0 Å². The maximum atomic E-state index is 8.77. The molecule has 4 nitrogen and oxygen atoms in total. The standard InChI is InChI=1S/C20H21N3O/c21-14-6-7-15-23-19-12-5-4-11-18(19)22-20(23)13-8-16-24-17-9-2-1-3-10-17/h1-5,9-12H,6-8,13,15-16H2. The predicted octanol–water partition coefficient (Wildman–Crippen LogP) is 4.35. The number of ether oxygens (including phenoxy) is 1. The smallest absolute Gasteiger partial charge is 0.119 e. The molecule has 1 heterocycles. The summed E-state index contributed by atoms with van der Waals surface area (Å²) in [6, 6.07) is 20.3. The van der Waals surface area contributed by atoms with Crippen LogP contribution in [0, 0.1) is 11.3 Å². The first-order valence-electron chi connectivity index (χ1n) is 8.37. The van der Waals surface area contributed by atoms with Crippen LogP contribution in [0.1, 0.15) is 25.1 Å². The summed E-state index contributed by atoms with van der Waals surface area (Å²) in [6.07, 6.45) is 3.21. The minimum atomic E-state index is 0.572. The number of hydrogen-bond donors (Lipinski definition) is 0. The van der Waals surface area contributed by atoms with Crippen molar-refractivity contribution in [2.24, 2.45) is 0 Å². The fourth-order valence-electron chi connectivity index (χ4n) is 2.82. The first-order valence-corrected chi connectivity index (χ1v) is 8.37. The number of rotatable bonds is 8. The van der Waals surface area contributed by atoms with Crippen LogP contribution in [0.2, 0.25) is 0 Å². The molecule has 0 saturated carbocycles. The van der Waals surface area contributed by atoms with E-state index in [0.29, 0.717) is 13.0 Å². The van der Waals surface area contributed by atoms with E-state index in [1.165, 1.54) is 0 Å². The van der Waals surface area contributed by atoms with E-state index in [1.807, 2.05) is 48.5 Å². The van der Waals surface area contributed by atoms with Gasteiger partial charge < -0.3 is 9.30 Å². The minimum absolute atomic E-state index is 0.572. The Bertz CT molecular complexity index is 818. The summed E-state index contributed by atoms with van der Waals surface area (Å²) < 4.78 is 8.01. The molecule has 3 aromatic rings. The maximum Gasteiger partial charge on any atom is 0.119 e. The number of aromatic nitrogens is 2. The zero-order valence-corrected chi connectivity index (χ0v) is 13.7. The zero-order chi connectivity index (χ0) is 16.6. The third kappa shape index (κ3) is 3.94. The fraction of sp³-hybridized carbons (Fsp3) is 0.300. The molecule has 0 saturated heterocycles. The second kappa shape index (κ2) is 8.16. The summed E-state index contributed by atoms with van der Waals surface area (Å²) in [5, 5.41) is 8.77. The molecule has 4 heteroatoms. The zero-order valence-electron chi connectivity index (χ0n) is 13.7. The number of imidazole rings is 1. The highest BCUT2D eigenvalue weighted by molar-refractivity contribution is 5.75. The van der Waals surface area contributed by atoms with Crippen LogP contribution in [0.3, 0.4) is 0 Å². The molecule has 0 aliphatic rings. The van der Waals surface area contributed by atoms with E-state index in [-0.39, 0.29) is 0 Å². The molecule has 0 bridgehead atoms. The molecule has 0 N–H and O–H groups in total. The van der Waals surface area contributed by atoms with E-state index < -0.39 is 0 Å². The number of benzene rings is 2. The Balaban J connectivity index is 1.64. The highest BCUT2D eigenvalue weighted by atomic mass is 16.5. The van der Waals surface area contributed by atoms with Crippen molar-refractivity contribution in [3.8, 4) is 11.8 Å². The van der Waals surface area contributed by atoms with E-state index in [9.17, 15) is 0 Å². The third-order valence-corrected chi connectivity index (χ3v) is 3.96. The lowest BCUT2D eigenvalue weighted by atomic mass is 10.2. The number of hydrogen-bond acceptors (Lipinski definition) is 3. The number of unbranched alkanes of at least 4 members (excludes halogenated alkanes) is 1. The number of para-hydroxylation sites is 3. The SMILES string of the molecule is N#CCCCn1c(CCCOc2ccccc2)nc2ccccc21. The van der Waals surface area contributed by atoms with Gasteiger partial charge in [0.1, 0.15) is 11.6 Å². The Kier molecular flexibility index (Phi) is 5.47. The Labute approximate surface area is 142 Å². The van der Waals surface area contributed by atoms with Gasteiger partial charge in [0.15, 0.2) is 0 Å². The molecule has 122 valence electrons. The van der Waals surface area contributed by atoms with Crippen molar-refractivity contribution in [2.45, 2.75) is 32.2 Å². The molecule has 3 rings (SSSR count). The van der Waals surface area contributed by atoms with Crippen LogP contribution in [0.25, 0.3) is 11.0 Å². The van der Waals surface area contributed by atoms with Crippen LogP contribution in [0.5, 0.6) is 5.75 Å². The summed E-state index contributed by atoms with van der Waals surface area (Å²) in [7, 11) is 0. The third-order valence-electron chi connectivity index (χ3n) is 3.96. The normalized spacial score (nSPS) is 10.6. The number of nitriles is 1. The van der Waals surface area contributed by atoms with Gasteiger partial charge in [-0.25, -0.2) is 4.98 Å². The van der Waals surface area contributed by atoms with E-state index in [0.717, 1.165) is 48.4 Å². The van der Waals surface area contributed by atoms with Crippen molar-refractivity contribution in [3.05, 3.63) is 60.4 Å². The average Bonchev–Trinajstić information content (AvgIpc) is 2.98. The Morgan fingerprint density at radius 2 is 1.79 bits per heavy atom. The van der Waals surface area contributed by atoms with E-state index in [1.54, 1.807) is 0 Å². The van der Waals surface area contributed by atoms with Gasteiger partial charge in [-0.1, -0.05) is 30.3 Å². The number of aryl methyl sites for hydroxylation is 2. The predicted molar refractivity (Wildman–Crippen MR) is 94.8 cm³/mol. The molecule has 0 atom stereocenters. The van der Waals surface area contributed by atoms with Gasteiger partial charge in [-0.15, -0.1) is 0 Å². The van der Waals surface area contributed by atoms with Gasteiger partial charge in [-0.05, 0) is 37.1 Å². The van der Waals surface area contributed by atoms with Crippen LogP contribution in [-0.2, 0) is 13.0 Å². The summed E-state index contributed by atoms with van der Waals surface area (Å²) >= 11 is 0. The van der Waals surface area contributed by atoms with Crippen LogP contribution in [0.4, 0.5) is 0 Å². The van der Waals surface area contributed by atoms with Gasteiger partial charge in [-0.2, -0.15) is 5.26 Å². The van der Waals surface area contributed by atoms with Crippen LogP contribution < -0.4 is 4.74 Å². The van der Waals surface area contributed by atoms with Gasteiger partial charge in [0.2, 0.25) is 0 Å². The minimum Gasteiger partial charge on any atom is -0.494 e. The fourth-order valence-corrected chi connectivity index (χ4v) is 2.82. The van der Waals surface area contributed by atoms with E-state index in [2.05, 4.69) is 16.7 Å². The molecular formula is C20H21N3O. The van der Waals surface area contributed by atoms with Crippen LogP contribution in [-0.4, -0.2) is 16.2 Å². The summed E-state index contributed by atoms with van der Waals surface area (Å²) in [6.45, 7) is 1.51. The topological polar surface area (TPSA) is 50.8 Å². The molecule has 0 unspecified atom stereocenters. The molecule has 0 fully saturated rings. The lowest BCUT2D eigenvalue weighted by Crippen LogP contribution is -2.07. The van der Waals surface area contributed by atoms with Crippen molar-refractivity contribution in [1.29, 1.82) is 5.26 Å². The second-order valence-electron chi connectivity index (χ2n) is 5.70. The van der Waals surface area contributed by atoms with Gasteiger partial charge in [0.25, 0.3) is 0 Å².